The summed E-state index contributed by atoms with van der Waals surface area (Å²) in [5.74, 6) is 2.42. The van der Waals surface area contributed by atoms with Gasteiger partial charge in [-0.2, -0.15) is 0 Å². The zero-order valence-electron chi connectivity index (χ0n) is 14.4. The molecular formula is C18H27N5O. The first-order chi connectivity index (χ1) is 11.6. The normalized spacial score (nSPS) is 25.8. The molecule has 1 fully saturated rings. The third-order valence-electron chi connectivity index (χ3n) is 5.29. The number of likely N-dealkylation sites (N-methyl/N-ethyl adjacent to an activating group) is 1. The number of fused-ring (bicyclic) bond motifs is 1. The van der Waals surface area contributed by atoms with Crippen molar-refractivity contribution in [3.8, 4) is 0 Å². The lowest BCUT2D eigenvalue weighted by atomic mass is 9.93. The van der Waals surface area contributed by atoms with Gasteiger partial charge in [0.05, 0.1) is 24.4 Å². The van der Waals surface area contributed by atoms with Crippen LogP contribution < -0.4 is 11.1 Å². The topological polar surface area (TPSA) is 76.3 Å². The van der Waals surface area contributed by atoms with Gasteiger partial charge in [-0.15, -0.1) is 0 Å². The lowest BCUT2D eigenvalue weighted by Gasteiger charge is -2.38. The molecule has 0 amide bonds. The molecule has 130 valence electrons. The Hall–Kier alpha value is -1.50. The molecule has 1 aliphatic carbocycles. The highest BCUT2D eigenvalue weighted by Crippen LogP contribution is 2.31. The Morgan fingerprint density at radius 1 is 1.38 bits per heavy atom. The molecule has 0 spiro atoms. The van der Waals surface area contributed by atoms with Crippen molar-refractivity contribution in [3.05, 3.63) is 29.2 Å². The van der Waals surface area contributed by atoms with Crippen molar-refractivity contribution in [2.75, 3.05) is 38.7 Å². The van der Waals surface area contributed by atoms with Gasteiger partial charge >= 0.3 is 0 Å². The van der Waals surface area contributed by atoms with Crippen LogP contribution in [0, 0.1) is 0 Å². The average Bonchev–Trinajstić information content (AvgIpc) is 2.58. The quantitative estimate of drug-likeness (QED) is 0.814. The molecule has 1 aromatic rings. The third-order valence-corrected chi connectivity index (χ3v) is 5.29. The Kier molecular flexibility index (Phi) is 4.28. The second-order valence-corrected chi connectivity index (χ2v) is 7.53. The van der Waals surface area contributed by atoms with E-state index < -0.39 is 0 Å². The molecule has 24 heavy (non-hydrogen) atoms. The molecule has 1 atom stereocenters. The minimum atomic E-state index is -0.258. The summed E-state index contributed by atoms with van der Waals surface area (Å²) in [5.41, 5.74) is 8.48. The van der Waals surface area contributed by atoms with Crippen LogP contribution in [0.5, 0.6) is 0 Å². The largest absolute Gasteiger partial charge is 0.377 e. The number of hydrogen-bond donors (Lipinski definition) is 2. The minimum Gasteiger partial charge on any atom is -0.377 e. The number of anilines is 1. The maximum absolute atomic E-state index is 6.28. The van der Waals surface area contributed by atoms with Crippen molar-refractivity contribution < 1.29 is 4.74 Å². The lowest BCUT2D eigenvalue weighted by Crippen LogP contribution is -2.61. The Bertz CT molecular complexity index is 641. The number of nitrogens with one attached hydrogen (secondary N) is 1. The van der Waals surface area contributed by atoms with Crippen LogP contribution in [0.2, 0.25) is 0 Å². The zero-order valence-corrected chi connectivity index (χ0v) is 14.4. The SMILES string of the molecule is CN1CCc2nc(C3CC=CCC3)nc(NCC3(N)COC3)c2C1. The summed E-state index contributed by atoms with van der Waals surface area (Å²) in [5, 5.41) is 3.51. The van der Waals surface area contributed by atoms with Crippen LogP contribution in [0.4, 0.5) is 5.82 Å². The summed E-state index contributed by atoms with van der Waals surface area (Å²) in [6, 6.07) is 0. The van der Waals surface area contributed by atoms with E-state index in [0.717, 1.165) is 50.4 Å². The van der Waals surface area contributed by atoms with Gasteiger partial charge in [-0.1, -0.05) is 12.2 Å². The fourth-order valence-electron chi connectivity index (χ4n) is 3.65. The molecule has 2 aliphatic heterocycles. The molecule has 1 saturated heterocycles. The number of nitrogens with zero attached hydrogens (tertiary/aromatic N) is 3. The lowest BCUT2D eigenvalue weighted by molar-refractivity contribution is -0.0462. The van der Waals surface area contributed by atoms with E-state index in [4.69, 9.17) is 20.4 Å². The van der Waals surface area contributed by atoms with E-state index in [1.54, 1.807) is 0 Å². The monoisotopic (exact) mass is 329 g/mol. The molecule has 1 aromatic heterocycles. The fourth-order valence-corrected chi connectivity index (χ4v) is 3.65. The van der Waals surface area contributed by atoms with Gasteiger partial charge in [0, 0.05) is 37.5 Å². The van der Waals surface area contributed by atoms with Crippen LogP contribution in [0.1, 0.15) is 42.3 Å². The van der Waals surface area contributed by atoms with Gasteiger partial charge in [0.2, 0.25) is 0 Å². The summed E-state index contributed by atoms with van der Waals surface area (Å²) in [7, 11) is 2.15. The van der Waals surface area contributed by atoms with Gasteiger partial charge < -0.3 is 20.7 Å². The van der Waals surface area contributed by atoms with Gasteiger partial charge in [-0.05, 0) is 26.3 Å². The molecule has 1 unspecified atom stereocenters. The molecule has 3 N–H and O–H groups in total. The third kappa shape index (κ3) is 3.18. The first kappa shape index (κ1) is 16.0. The highest BCUT2D eigenvalue weighted by molar-refractivity contribution is 5.48. The van der Waals surface area contributed by atoms with Crippen LogP contribution in [0.25, 0.3) is 0 Å². The molecule has 4 rings (SSSR count). The highest BCUT2D eigenvalue weighted by atomic mass is 16.5. The van der Waals surface area contributed by atoms with Crippen molar-refractivity contribution in [3.63, 3.8) is 0 Å². The van der Waals surface area contributed by atoms with Crippen molar-refractivity contribution >= 4 is 5.82 Å². The fraction of sp³-hybridized carbons (Fsp3) is 0.667. The first-order valence-electron chi connectivity index (χ1n) is 8.97. The number of aromatic nitrogens is 2. The number of allylic oxidation sites excluding steroid dienone is 2. The zero-order chi connectivity index (χ0) is 16.6. The van der Waals surface area contributed by atoms with E-state index in [-0.39, 0.29) is 5.54 Å². The molecule has 3 aliphatic rings. The highest BCUT2D eigenvalue weighted by Gasteiger charge is 2.34. The van der Waals surface area contributed by atoms with E-state index in [9.17, 15) is 0 Å². The van der Waals surface area contributed by atoms with Gasteiger partial charge in [0.25, 0.3) is 0 Å². The number of ether oxygens (including phenoxy) is 1. The van der Waals surface area contributed by atoms with Gasteiger partial charge in [-0.3, -0.25) is 0 Å². The van der Waals surface area contributed by atoms with Gasteiger partial charge in [0.15, 0.2) is 0 Å². The molecule has 6 nitrogen and oxygen atoms in total. The van der Waals surface area contributed by atoms with E-state index in [1.165, 1.54) is 11.3 Å². The molecular weight excluding hydrogens is 302 g/mol. The molecule has 6 heteroatoms. The molecule has 0 bridgehead atoms. The number of rotatable bonds is 4. The number of nitrogens with two attached hydrogens (primary N) is 1. The van der Waals surface area contributed by atoms with Crippen LogP contribution in [0.15, 0.2) is 12.2 Å². The van der Waals surface area contributed by atoms with Crippen molar-refractivity contribution in [2.45, 2.75) is 43.7 Å². The second kappa shape index (κ2) is 6.43. The Labute approximate surface area is 143 Å². The van der Waals surface area contributed by atoms with Crippen LogP contribution in [-0.2, 0) is 17.7 Å². The van der Waals surface area contributed by atoms with Crippen LogP contribution >= 0.6 is 0 Å². The first-order valence-corrected chi connectivity index (χ1v) is 8.97. The van der Waals surface area contributed by atoms with E-state index in [1.807, 2.05) is 0 Å². The summed E-state index contributed by atoms with van der Waals surface area (Å²) in [6.07, 6.45) is 8.83. The summed E-state index contributed by atoms with van der Waals surface area (Å²) >= 11 is 0. The van der Waals surface area contributed by atoms with Crippen molar-refractivity contribution in [1.82, 2.24) is 14.9 Å². The van der Waals surface area contributed by atoms with Crippen LogP contribution in [-0.4, -0.2) is 53.8 Å². The Morgan fingerprint density at radius 3 is 2.96 bits per heavy atom. The van der Waals surface area contributed by atoms with Crippen LogP contribution in [0.3, 0.4) is 0 Å². The van der Waals surface area contributed by atoms with E-state index >= 15 is 0 Å². The maximum atomic E-state index is 6.28. The predicted octanol–water partition coefficient (Wildman–Crippen LogP) is 1.43. The Balaban J connectivity index is 1.62. The maximum Gasteiger partial charge on any atom is 0.134 e. The van der Waals surface area contributed by atoms with E-state index in [2.05, 4.69) is 29.4 Å². The minimum absolute atomic E-state index is 0.258. The molecule has 3 heterocycles. The average molecular weight is 329 g/mol. The number of hydrogen-bond acceptors (Lipinski definition) is 6. The molecule has 0 radical (unpaired) electrons. The van der Waals surface area contributed by atoms with Gasteiger partial charge in [0.1, 0.15) is 11.6 Å². The smallest absolute Gasteiger partial charge is 0.134 e. The van der Waals surface area contributed by atoms with Crippen molar-refractivity contribution in [2.24, 2.45) is 5.73 Å². The second-order valence-electron chi connectivity index (χ2n) is 7.53. The van der Waals surface area contributed by atoms with Gasteiger partial charge in [-0.25, -0.2) is 9.97 Å². The Morgan fingerprint density at radius 2 is 2.25 bits per heavy atom. The summed E-state index contributed by atoms with van der Waals surface area (Å²) < 4.78 is 5.26. The van der Waals surface area contributed by atoms with E-state index in [0.29, 0.717) is 25.7 Å². The predicted molar refractivity (Wildman–Crippen MR) is 94.0 cm³/mol. The molecule has 0 aromatic carbocycles. The van der Waals surface area contributed by atoms with Crippen molar-refractivity contribution in [1.29, 1.82) is 0 Å². The molecule has 0 saturated carbocycles. The summed E-state index contributed by atoms with van der Waals surface area (Å²) in [6.45, 7) is 3.89. The summed E-state index contributed by atoms with van der Waals surface area (Å²) in [4.78, 5) is 12.2. The standard InChI is InChI=1S/C18H27N5O/c1-23-8-7-15-14(9-23)17(20-10-18(19)11-24-12-18)22-16(21-15)13-5-3-2-4-6-13/h2-3,13H,4-12,19H2,1H3,(H,20,21,22).